The Bertz CT molecular complexity index is 801. The molecule has 2 rings (SSSR count). The van der Waals surface area contributed by atoms with Crippen LogP contribution in [0.25, 0.3) is 0 Å². The topological polar surface area (TPSA) is 76.8 Å². The minimum absolute atomic E-state index is 0. The molecule has 1 aromatic heterocycles. The summed E-state index contributed by atoms with van der Waals surface area (Å²) in [6, 6.07) is 6.58. The molecule has 0 amide bonds. The average molecular weight is 552 g/mol. The standard InChI is InChI=1S/C20H30F2N6O2.HI/c1-5-29-12-6-11-23-20(24-13-18-26-25-15(2)28(18)4)27(3)14-16-7-9-17(10-8-16)30-19(21)22;/h7-10,19H,5-6,11-14H2,1-4H3,(H,23,24);1H. The number of hydrogen-bond acceptors (Lipinski definition) is 5. The number of aliphatic imine (C=N–C) groups is 1. The van der Waals surface area contributed by atoms with E-state index in [9.17, 15) is 8.78 Å². The molecule has 0 unspecified atom stereocenters. The van der Waals surface area contributed by atoms with Crippen molar-refractivity contribution in [3.63, 3.8) is 0 Å². The van der Waals surface area contributed by atoms with Gasteiger partial charge in [0.25, 0.3) is 0 Å². The van der Waals surface area contributed by atoms with Crippen LogP contribution >= 0.6 is 24.0 Å². The van der Waals surface area contributed by atoms with E-state index in [2.05, 4.69) is 25.2 Å². The average Bonchev–Trinajstić information content (AvgIpc) is 3.03. The van der Waals surface area contributed by atoms with Crippen molar-refractivity contribution in [1.82, 2.24) is 25.0 Å². The predicted molar refractivity (Wildman–Crippen MR) is 126 cm³/mol. The molecular formula is C20H31F2IN6O2. The lowest BCUT2D eigenvalue weighted by molar-refractivity contribution is -0.0498. The van der Waals surface area contributed by atoms with E-state index < -0.39 is 6.61 Å². The van der Waals surface area contributed by atoms with Gasteiger partial charge in [-0.15, -0.1) is 34.2 Å². The van der Waals surface area contributed by atoms with Crippen molar-refractivity contribution in [2.45, 2.75) is 40.0 Å². The molecule has 0 aliphatic heterocycles. The second-order valence-corrected chi connectivity index (χ2v) is 6.72. The number of ether oxygens (including phenoxy) is 2. The number of hydrogen-bond donors (Lipinski definition) is 1. The number of halogens is 3. The predicted octanol–water partition coefficient (Wildman–Crippen LogP) is 3.35. The quantitative estimate of drug-likeness (QED) is 0.200. The number of rotatable bonds is 11. The van der Waals surface area contributed by atoms with Gasteiger partial charge in [-0.1, -0.05) is 12.1 Å². The molecule has 0 aliphatic rings. The molecule has 8 nitrogen and oxygen atoms in total. The van der Waals surface area contributed by atoms with E-state index in [0.717, 1.165) is 23.6 Å². The molecule has 0 saturated heterocycles. The zero-order valence-electron chi connectivity index (χ0n) is 18.3. The Kier molecular flexibility index (Phi) is 12.3. The Hall–Kier alpha value is -2.02. The first-order valence-electron chi connectivity index (χ1n) is 9.86. The minimum Gasteiger partial charge on any atom is -0.435 e. The van der Waals surface area contributed by atoms with Crippen LogP contribution in [0.1, 0.15) is 30.6 Å². The summed E-state index contributed by atoms with van der Waals surface area (Å²) in [6.07, 6.45) is 0.851. The maximum Gasteiger partial charge on any atom is 0.387 e. The number of nitrogens with zero attached hydrogens (tertiary/aromatic N) is 5. The van der Waals surface area contributed by atoms with Gasteiger partial charge in [-0.05, 0) is 38.0 Å². The molecule has 0 spiro atoms. The highest BCUT2D eigenvalue weighted by Gasteiger charge is 2.10. The first kappa shape index (κ1) is 27.0. The summed E-state index contributed by atoms with van der Waals surface area (Å²) in [7, 11) is 3.82. The van der Waals surface area contributed by atoms with Gasteiger partial charge in [0.2, 0.25) is 0 Å². The third kappa shape index (κ3) is 9.33. The van der Waals surface area contributed by atoms with Crippen LogP contribution in [0.15, 0.2) is 29.3 Å². The van der Waals surface area contributed by atoms with E-state index in [1.54, 1.807) is 12.1 Å². The summed E-state index contributed by atoms with van der Waals surface area (Å²) in [4.78, 5) is 6.65. The normalized spacial score (nSPS) is 11.4. The molecule has 174 valence electrons. The summed E-state index contributed by atoms with van der Waals surface area (Å²) in [5, 5.41) is 11.6. The number of aromatic nitrogens is 3. The van der Waals surface area contributed by atoms with E-state index in [1.807, 2.05) is 37.4 Å². The van der Waals surface area contributed by atoms with Gasteiger partial charge in [0.05, 0.1) is 0 Å². The molecule has 1 aromatic carbocycles. The highest BCUT2D eigenvalue weighted by molar-refractivity contribution is 14.0. The zero-order chi connectivity index (χ0) is 21.9. The molecule has 0 aliphatic carbocycles. The van der Waals surface area contributed by atoms with Crippen LogP contribution in [-0.2, 0) is 24.9 Å². The molecule has 1 heterocycles. The molecule has 0 bridgehead atoms. The zero-order valence-corrected chi connectivity index (χ0v) is 20.7. The number of nitrogens with one attached hydrogen (secondary N) is 1. The molecule has 0 fully saturated rings. The number of aryl methyl sites for hydroxylation is 1. The highest BCUT2D eigenvalue weighted by Crippen LogP contribution is 2.16. The van der Waals surface area contributed by atoms with Crippen molar-refractivity contribution in [2.75, 3.05) is 26.8 Å². The van der Waals surface area contributed by atoms with Crippen LogP contribution in [0.3, 0.4) is 0 Å². The summed E-state index contributed by atoms with van der Waals surface area (Å²) in [5.41, 5.74) is 0.942. The molecule has 1 N–H and O–H groups in total. The van der Waals surface area contributed by atoms with Crippen molar-refractivity contribution >= 4 is 29.9 Å². The van der Waals surface area contributed by atoms with Crippen LogP contribution in [0, 0.1) is 6.92 Å². The maximum atomic E-state index is 12.3. The second kappa shape index (κ2) is 14.1. The van der Waals surface area contributed by atoms with E-state index in [0.29, 0.717) is 38.8 Å². The number of guanidine groups is 1. The summed E-state index contributed by atoms with van der Waals surface area (Å²) >= 11 is 0. The van der Waals surface area contributed by atoms with Gasteiger partial charge < -0.3 is 24.3 Å². The minimum atomic E-state index is -2.83. The molecule has 0 radical (unpaired) electrons. The van der Waals surface area contributed by atoms with Crippen LogP contribution in [0.4, 0.5) is 8.78 Å². The molecular weight excluding hydrogens is 521 g/mol. The molecule has 31 heavy (non-hydrogen) atoms. The van der Waals surface area contributed by atoms with Gasteiger partial charge in [-0.25, -0.2) is 4.99 Å². The lowest BCUT2D eigenvalue weighted by atomic mass is 10.2. The van der Waals surface area contributed by atoms with E-state index in [1.165, 1.54) is 12.1 Å². The first-order valence-corrected chi connectivity index (χ1v) is 9.86. The number of benzene rings is 1. The molecule has 0 atom stereocenters. The van der Waals surface area contributed by atoms with Crippen molar-refractivity contribution in [1.29, 1.82) is 0 Å². The Morgan fingerprint density at radius 3 is 2.55 bits per heavy atom. The van der Waals surface area contributed by atoms with Gasteiger partial charge in [0.15, 0.2) is 11.8 Å². The van der Waals surface area contributed by atoms with Gasteiger partial charge in [0.1, 0.15) is 18.1 Å². The van der Waals surface area contributed by atoms with Crippen molar-refractivity contribution in [3.8, 4) is 5.75 Å². The molecule has 11 heteroatoms. The van der Waals surface area contributed by atoms with Crippen molar-refractivity contribution in [2.24, 2.45) is 12.0 Å². The van der Waals surface area contributed by atoms with Gasteiger partial charge in [0, 0.05) is 40.4 Å². The first-order chi connectivity index (χ1) is 14.4. The van der Waals surface area contributed by atoms with Crippen LogP contribution in [0.5, 0.6) is 5.75 Å². The third-order valence-electron chi connectivity index (χ3n) is 4.44. The highest BCUT2D eigenvalue weighted by atomic mass is 127. The number of alkyl halides is 2. The fourth-order valence-electron chi connectivity index (χ4n) is 2.69. The third-order valence-corrected chi connectivity index (χ3v) is 4.44. The van der Waals surface area contributed by atoms with E-state index in [-0.39, 0.29) is 29.7 Å². The van der Waals surface area contributed by atoms with Gasteiger partial charge in [-0.3, -0.25) is 0 Å². The van der Waals surface area contributed by atoms with Crippen LogP contribution in [0.2, 0.25) is 0 Å². The fraction of sp³-hybridized carbons (Fsp3) is 0.550. The Balaban J connectivity index is 0.00000480. The Morgan fingerprint density at radius 1 is 1.26 bits per heavy atom. The van der Waals surface area contributed by atoms with E-state index in [4.69, 9.17) is 4.74 Å². The largest absolute Gasteiger partial charge is 0.435 e. The lowest BCUT2D eigenvalue weighted by Crippen LogP contribution is -2.39. The van der Waals surface area contributed by atoms with Crippen molar-refractivity contribution in [3.05, 3.63) is 41.5 Å². The second-order valence-electron chi connectivity index (χ2n) is 6.72. The summed E-state index contributed by atoms with van der Waals surface area (Å²) in [6.45, 7) is 4.03. The summed E-state index contributed by atoms with van der Waals surface area (Å²) in [5.74, 6) is 2.44. The lowest BCUT2D eigenvalue weighted by Gasteiger charge is -2.23. The SMILES string of the molecule is CCOCCCNC(=NCc1nnc(C)n1C)N(C)Cc1ccc(OC(F)F)cc1.I. The smallest absolute Gasteiger partial charge is 0.387 e. The van der Waals surface area contributed by atoms with Crippen molar-refractivity contribution < 1.29 is 18.3 Å². The van der Waals surface area contributed by atoms with Gasteiger partial charge >= 0.3 is 6.61 Å². The van der Waals surface area contributed by atoms with Crippen LogP contribution in [-0.4, -0.2) is 59.0 Å². The van der Waals surface area contributed by atoms with Crippen LogP contribution < -0.4 is 10.1 Å². The van der Waals surface area contributed by atoms with E-state index >= 15 is 0 Å². The Morgan fingerprint density at radius 2 is 1.97 bits per heavy atom. The van der Waals surface area contributed by atoms with Gasteiger partial charge in [-0.2, -0.15) is 8.78 Å². The Labute approximate surface area is 199 Å². The molecule has 2 aromatic rings. The molecule has 0 saturated carbocycles. The monoisotopic (exact) mass is 552 g/mol. The fourth-order valence-corrected chi connectivity index (χ4v) is 2.69. The maximum absolute atomic E-state index is 12.3. The summed E-state index contributed by atoms with van der Waals surface area (Å²) < 4.78 is 36.3.